The number of nitrogens with zero attached hydrogens (tertiary/aromatic N) is 3. The number of carbonyl (C=O) groups excluding carboxylic acids is 1. The average molecular weight is 624 g/mol. The van der Waals surface area contributed by atoms with Crippen LogP contribution in [0.3, 0.4) is 0 Å². The monoisotopic (exact) mass is 623 g/mol. The fourth-order valence-corrected chi connectivity index (χ4v) is 5.46. The van der Waals surface area contributed by atoms with Gasteiger partial charge in [0.15, 0.2) is 11.5 Å². The van der Waals surface area contributed by atoms with Crippen molar-refractivity contribution in [2.75, 3.05) is 27.9 Å². The number of benzene rings is 4. The highest BCUT2D eigenvalue weighted by Crippen LogP contribution is 2.39. The van der Waals surface area contributed by atoms with Crippen LogP contribution in [0.4, 0.5) is 0 Å². The van der Waals surface area contributed by atoms with Crippen molar-refractivity contribution in [3.63, 3.8) is 0 Å². The highest BCUT2D eigenvalue weighted by atomic mass is 16.5. The second-order valence-corrected chi connectivity index (χ2v) is 10.7. The number of methoxy groups -OCH3 is 3. The molecule has 0 aliphatic heterocycles. The molecule has 1 aromatic heterocycles. The van der Waals surface area contributed by atoms with Gasteiger partial charge < -0.3 is 23.5 Å². The van der Waals surface area contributed by atoms with Crippen LogP contribution in [-0.4, -0.2) is 38.5 Å². The fraction of sp³-hybridized carbons (Fsp3) is 0.154. The maximum absolute atomic E-state index is 11.9. The van der Waals surface area contributed by atoms with Gasteiger partial charge in [-0.1, -0.05) is 55.1 Å². The van der Waals surface area contributed by atoms with Crippen molar-refractivity contribution in [3.05, 3.63) is 113 Å². The molecule has 8 nitrogen and oxygen atoms in total. The third-order valence-electron chi connectivity index (χ3n) is 7.75. The van der Waals surface area contributed by atoms with Gasteiger partial charge in [-0.3, -0.25) is 0 Å². The minimum atomic E-state index is -0.409. The molecule has 5 rings (SSSR count). The molecule has 234 valence electrons. The van der Waals surface area contributed by atoms with E-state index in [1.807, 2.05) is 60.7 Å². The van der Waals surface area contributed by atoms with Crippen molar-refractivity contribution in [1.29, 1.82) is 10.5 Å². The largest absolute Gasteiger partial charge is 0.493 e. The summed E-state index contributed by atoms with van der Waals surface area (Å²) in [5.41, 5.74) is 6.32. The van der Waals surface area contributed by atoms with Crippen molar-refractivity contribution in [2.45, 2.75) is 13.5 Å². The molecule has 0 atom stereocenters. The zero-order valence-corrected chi connectivity index (χ0v) is 26.7. The van der Waals surface area contributed by atoms with Gasteiger partial charge in [0.25, 0.3) is 0 Å². The normalized spacial score (nSPS) is 11.5. The van der Waals surface area contributed by atoms with Crippen molar-refractivity contribution in [3.8, 4) is 29.4 Å². The first-order valence-corrected chi connectivity index (χ1v) is 14.8. The Balaban J connectivity index is 1.44. The Hall–Kier alpha value is -6.25. The molecular formula is C39H33N3O5. The molecule has 0 aliphatic carbocycles. The zero-order chi connectivity index (χ0) is 33.5. The molecule has 0 unspecified atom stereocenters. The SMILES string of the molecule is C=C(C)C(=O)OCCn1c2ccccc2c2cc(/C=C(/C#N)c3ccc(/C(C#N)=C/c4cc(OC)c(OC)c(OC)c4)cc3)ccc21. The van der Waals surface area contributed by atoms with Crippen LogP contribution in [0, 0.1) is 22.7 Å². The highest BCUT2D eigenvalue weighted by molar-refractivity contribution is 6.09. The second kappa shape index (κ2) is 14.2. The standard InChI is InChI=1S/C39H33N3O5/c1-25(2)39(43)47-17-16-42-34-9-7-6-8-32(34)33-20-26(10-15-35(33)42)18-30(23-40)28-11-13-29(14-12-28)31(24-41)19-27-21-36(44-3)38(46-5)37(22-27)45-4/h6-15,18-22H,1,16-17H2,2-5H3/b30-18-,31-19+. The first-order valence-electron chi connectivity index (χ1n) is 14.8. The van der Waals surface area contributed by atoms with Crippen LogP contribution >= 0.6 is 0 Å². The van der Waals surface area contributed by atoms with E-state index in [-0.39, 0.29) is 6.61 Å². The molecule has 0 fully saturated rings. The molecule has 0 saturated carbocycles. The Morgan fingerprint density at radius 1 is 0.766 bits per heavy atom. The number of hydrogen-bond acceptors (Lipinski definition) is 7. The van der Waals surface area contributed by atoms with Crippen LogP contribution in [0.15, 0.2) is 91.0 Å². The topological polar surface area (TPSA) is 107 Å². The van der Waals surface area contributed by atoms with Gasteiger partial charge in [0.1, 0.15) is 6.61 Å². The lowest BCUT2D eigenvalue weighted by atomic mass is 9.98. The summed E-state index contributed by atoms with van der Waals surface area (Å²) >= 11 is 0. The summed E-state index contributed by atoms with van der Waals surface area (Å²) in [6.45, 7) is 5.99. The van der Waals surface area contributed by atoms with E-state index >= 15 is 0 Å². The summed E-state index contributed by atoms with van der Waals surface area (Å²) in [5, 5.41) is 22.2. The van der Waals surface area contributed by atoms with Crippen molar-refractivity contribution < 1.29 is 23.7 Å². The molecule has 0 amide bonds. The number of rotatable bonds is 11. The average Bonchev–Trinajstić information content (AvgIpc) is 3.41. The smallest absolute Gasteiger partial charge is 0.333 e. The first-order chi connectivity index (χ1) is 22.8. The summed E-state index contributed by atoms with van der Waals surface area (Å²) < 4.78 is 23.8. The van der Waals surface area contributed by atoms with E-state index in [4.69, 9.17) is 18.9 Å². The lowest BCUT2D eigenvalue weighted by Crippen LogP contribution is -2.11. The summed E-state index contributed by atoms with van der Waals surface area (Å²) in [6.07, 6.45) is 3.60. The summed E-state index contributed by atoms with van der Waals surface area (Å²) in [6, 6.07) is 29.6. The zero-order valence-electron chi connectivity index (χ0n) is 26.7. The predicted octanol–water partition coefficient (Wildman–Crippen LogP) is 8.07. The van der Waals surface area contributed by atoms with Crippen molar-refractivity contribution in [2.24, 2.45) is 0 Å². The lowest BCUT2D eigenvalue weighted by molar-refractivity contribution is -0.139. The molecule has 5 aromatic rings. The Morgan fingerprint density at radius 3 is 1.89 bits per heavy atom. The van der Waals surface area contributed by atoms with Gasteiger partial charge in [-0.2, -0.15) is 10.5 Å². The Bertz CT molecular complexity index is 2120. The minimum absolute atomic E-state index is 0.223. The maximum atomic E-state index is 11.9. The molecular weight excluding hydrogens is 590 g/mol. The van der Waals surface area contributed by atoms with Gasteiger partial charge in [0, 0.05) is 27.4 Å². The van der Waals surface area contributed by atoms with E-state index in [0.717, 1.165) is 32.9 Å². The number of fused-ring (bicyclic) bond motifs is 3. The van der Waals surface area contributed by atoms with Crippen LogP contribution in [0.2, 0.25) is 0 Å². The Labute approximate surface area is 273 Å². The summed E-state index contributed by atoms with van der Waals surface area (Å²) in [7, 11) is 4.62. The molecule has 47 heavy (non-hydrogen) atoms. The number of allylic oxidation sites excluding steroid dienone is 2. The van der Waals surface area contributed by atoms with Gasteiger partial charge in [0.2, 0.25) is 5.75 Å². The van der Waals surface area contributed by atoms with E-state index in [0.29, 0.717) is 51.6 Å². The Kier molecular flexibility index (Phi) is 9.74. The fourth-order valence-electron chi connectivity index (χ4n) is 5.46. The van der Waals surface area contributed by atoms with Gasteiger partial charge in [-0.15, -0.1) is 0 Å². The molecule has 0 N–H and O–H groups in total. The Morgan fingerprint density at radius 2 is 1.34 bits per heavy atom. The first kappa shape index (κ1) is 32.2. The molecule has 8 heteroatoms. The van der Waals surface area contributed by atoms with Crippen LogP contribution < -0.4 is 14.2 Å². The molecule has 1 heterocycles. The number of nitriles is 2. The third kappa shape index (κ3) is 6.73. The van der Waals surface area contributed by atoms with E-state index in [9.17, 15) is 15.3 Å². The van der Waals surface area contributed by atoms with Gasteiger partial charge in [-0.05, 0) is 71.7 Å². The lowest BCUT2D eigenvalue weighted by Gasteiger charge is -2.13. The van der Waals surface area contributed by atoms with Gasteiger partial charge in [-0.25, -0.2) is 4.79 Å². The molecule has 0 spiro atoms. The predicted molar refractivity (Wildman–Crippen MR) is 185 cm³/mol. The van der Waals surface area contributed by atoms with Crippen LogP contribution in [0.5, 0.6) is 17.2 Å². The number of para-hydroxylation sites is 1. The summed E-state index contributed by atoms with van der Waals surface area (Å²) in [5.74, 6) is 1.04. The number of ether oxygens (including phenoxy) is 4. The number of esters is 1. The highest BCUT2D eigenvalue weighted by Gasteiger charge is 2.15. The van der Waals surface area contributed by atoms with E-state index in [1.54, 1.807) is 39.4 Å². The minimum Gasteiger partial charge on any atom is -0.493 e. The van der Waals surface area contributed by atoms with E-state index < -0.39 is 5.97 Å². The van der Waals surface area contributed by atoms with Crippen molar-refractivity contribution >= 4 is 51.1 Å². The summed E-state index contributed by atoms with van der Waals surface area (Å²) in [4.78, 5) is 11.9. The third-order valence-corrected chi connectivity index (χ3v) is 7.75. The van der Waals surface area contributed by atoms with Crippen LogP contribution in [0.1, 0.15) is 29.2 Å². The molecule has 4 aromatic carbocycles. The van der Waals surface area contributed by atoms with Crippen molar-refractivity contribution in [1.82, 2.24) is 4.57 Å². The molecule has 0 radical (unpaired) electrons. The molecule has 0 aliphatic rings. The number of carbonyl (C=O) groups is 1. The molecule has 0 bridgehead atoms. The van der Waals surface area contributed by atoms with E-state index in [1.165, 1.54) is 7.11 Å². The number of hydrogen-bond donors (Lipinski definition) is 0. The molecule has 0 saturated heterocycles. The van der Waals surface area contributed by atoms with Crippen LogP contribution in [0.25, 0.3) is 45.1 Å². The van der Waals surface area contributed by atoms with E-state index in [2.05, 4.69) is 35.4 Å². The quantitative estimate of drug-likeness (QED) is 0.0634. The van der Waals surface area contributed by atoms with Gasteiger partial charge in [0.05, 0.1) is 51.2 Å². The number of aromatic nitrogens is 1. The van der Waals surface area contributed by atoms with Crippen LogP contribution in [-0.2, 0) is 16.1 Å². The second-order valence-electron chi connectivity index (χ2n) is 10.7. The van der Waals surface area contributed by atoms with Gasteiger partial charge >= 0.3 is 5.97 Å². The maximum Gasteiger partial charge on any atom is 0.333 e.